The third kappa shape index (κ3) is 5.71. The van der Waals surface area contributed by atoms with Crippen molar-refractivity contribution in [3.63, 3.8) is 0 Å². The van der Waals surface area contributed by atoms with Crippen molar-refractivity contribution in [1.82, 2.24) is 4.72 Å². The van der Waals surface area contributed by atoms with E-state index in [1.165, 1.54) is 0 Å². The zero-order valence-corrected chi connectivity index (χ0v) is 11.8. The molecule has 106 valence electrons. The lowest BCUT2D eigenvalue weighted by Crippen LogP contribution is -2.46. The van der Waals surface area contributed by atoms with E-state index in [2.05, 4.69) is 4.72 Å². The number of carbonyl (C=O) groups excluding carboxylic acids is 1. The van der Waals surface area contributed by atoms with Gasteiger partial charge in [0.1, 0.15) is 0 Å². The van der Waals surface area contributed by atoms with Gasteiger partial charge in [0.15, 0.2) is 0 Å². The Morgan fingerprint density at radius 1 is 1.26 bits per heavy atom. The average molecular weight is 285 g/mol. The molecule has 0 aromatic heterocycles. The summed E-state index contributed by atoms with van der Waals surface area (Å²) in [6, 6.07) is 6.57. The zero-order valence-electron chi connectivity index (χ0n) is 11.0. The van der Waals surface area contributed by atoms with Gasteiger partial charge in [0, 0.05) is 17.6 Å². The lowest BCUT2D eigenvalue weighted by Gasteiger charge is -2.24. The van der Waals surface area contributed by atoms with E-state index in [1.807, 2.05) is 0 Å². The summed E-state index contributed by atoms with van der Waals surface area (Å²) in [5.74, 6) is -0.727. The normalized spacial score (nSPS) is 12.3. The summed E-state index contributed by atoms with van der Waals surface area (Å²) < 4.78 is 26.4. The van der Waals surface area contributed by atoms with E-state index < -0.39 is 21.5 Å². The second kappa shape index (κ2) is 5.58. The van der Waals surface area contributed by atoms with Crippen LogP contribution >= 0.6 is 0 Å². The molecule has 1 aromatic carbocycles. The van der Waals surface area contributed by atoms with Gasteiger partial charge in [0.25, 0.3) is 0 Å². The van der Waals surface area contributed by atoms with Crippen LogP contribution in [0.1, 0.15) is 25.8 Å². The Morgan fingerprint density at radius 2 is 1.79 bits per heavy atom. The largest absolute Gasteiger partial charge is 0.399 e. The van der Waals surface area contributed by atoms with E-state index in [0.717, 1.165) is 0 Å². The van der Waals surface area contributed by atoms with Crippen molar-refractivity contribution in [2.75, 3.05) is 5.73 Å². The summed E-state index contributed by atoms with van der Waals surface area (Å²) >= 11 is 0. The number of nitrogens with two attached hydrogens (primary N) is 2. The summed E-state index contributed by atoms with van der Waals surface area (Å²) in [4.78, 5) is 10.9. The molecule has 7 heteroatoms. The van der Waals surface area contributed by atoms with Gasteiger partial charge in [-0.25, -0.2) is 13.1 Å². The molecule has 0 atom stereocenters. The van der Waals surface area contributed by atoms with Crippen LogP contribution in [0.25, 0.3) is 0 Å². The smallest absolute Gasteiger partial charge is 0.219 e. The number of primary amides is 1. The summed E-state index contributed by atoms with van der Waals surface area (Å²) in [6.45, 7) is 3.22. The number of hydrogen-bond donors (Lipinski definition) is 3. The molecule has 0 aliphatic rings. The van der Waals surface area contributed by atoms with E-state index in [0.29, 0.717) is 11.3 Å². The van der Waals surface area contributed by atoms with Crippen LogP contribution in [-0.2, 0) is 20.6 Å². The molecule has 5 N–H and O–H groups in total. The fraction of sp³-hybridized carbons (Fsp3) is 0.417. The predicted molar refractivity (Wildman–Crippen MR) is 74.5 cm³/mol. The van der Waals surface area contributed by atoms with E-state index in [9.17, 15) is 13.2 Å². The Morgan fingerprint density at radius 3 is 2.26 bits per heavy atom. The summed E-state index contributed by atoms with van der Waals surface area (Å²) in [7, 11) is -3.55. The monoisotopic (exact) mass is 285 g/mol. The first-order valence-corrected chi connectivity index (χ1v) is 7.39. The maximum Gasteiger partial charge on any atom is 0.219 e. The van der Waals surface area contributed by atoms with Crippen LogP contribution in [-0.4, -0.2) is 19.9 Å². The second-order valence-electron chi connectivity index (χ2n) is 5.13. The van der Waals surface area contributed by atoms with Crippen LogP contribution in [0.15, 0.2) is 24.3 Å². The van der Waals surface area contributed by atoms with Crippen LogP contribution in [0, 0.1) is 0 Å². The van der Waals surface area contributed by atoms with Gasteiger partial charge in [0.05, 0.1) is 5.75 Å². The van der Waals surface area contributed by atoms with Crippen molar-refractivity contribution in [2.24, 2.45) is 5.73 Å². The number of anilines is 1. The first-order valence-electron chi connectivity index (χ1n) is 5.74. The van der Waals surface area contributed by atoms with Gasteiger partial charge in [-0.15, -0.1) is 0 Å². The van der Waals surface area contributed by atoms with Crippen LogP contribution in [0.4, 0.5) is 5.69 Å². The van der Waals surface area contributed by atoms with Crippen molar-refractivity contribution in [3.8, 4) is 0 Å². The minimum Gasteiger partial charge on any atom is -0.399 e. The third-order valence-electron chi connectivity index (χ3n) is 2.38. The molecule has 19 heavy (non-hydrogen) atoms. The molecule has 0 unspecified atom stereocenters. The molecule has 0 radical (unpaired) electrons. The Balaban J connectivity index is 2.76. The SMILES string of the molecule is CC(C)(CC(N)=O)NS(=O)(=O)Cc1ccc(N)cc1. The highest BCUT2D eigenvalue weighted by Crippen LogP contribution is 2.13. The van der Waals surface area contributed by atoms with Crippen LogP contribution in [0.2, 0.25) is 0 Å². The topological polar surface area (TPSA) is 115 Å². The standard InChI is InChI=1S/C12H19N3O3S/c1-12(2,7-11(14)16)15-19(17,18)8-9-3-5-10(13)6-4-9/h3-6,15H,7-8,13H2,1-2H3,(H2,14,16). The molecular formula is C12H19N3O3S. The fourth-order valence-corrected chi connectivity index (χ4v) is 3.38. The lowest BCUT2D eigenvalue weighted by atomic mass is 10.0. The zero-order chi connectivity index (χ0) is 14.7. The van der Waals surface area contributed by atoms with E-state index >= 15 is 0 Å². The number of nitrogen functional groups attached to an aromatic ring is 1. The highest BCUT2D eigenvalue weighted by Gasteiger charge is 2.26. The Kier molecular flexibility index (Phi) is 4.54. The predicted octanol–water partition coefficient (Wildman–Crippen LogP) is 0.342. The Bertz CT molecular complexity index is 550. The van der Waals surface area contributed by atoms with Crippen molar-refractivity contribution in [3.05, 3.63) is 29.8 Å². The number of nitrogens with one attached hydrogen (secondary N) is 1. The van der Waals surface area contributed by atoms with Gasteiger partial charge in [0.2, 0.25) is 15.9 Å². The molecule has 1 amide bonds. The quantitative estimate of drug-likeness (QED) is 0.654. The van der Waals surface area contributed by atoms with Crippen molar-refractivity contribution in [1.29, 1.82) is 0 Å². The molecule has 0 saturated carbocycles. The van der Waals surface area contributed by atoms with Gasteiger partial charge in [-0.2, -0.15) is 0 Å². The molecule has 0 spiro atoms. The third-order valence-corrected chi connectivity index (χ3v) is 3.96. The first kappa shape index (κ1) is 15.5. The summed E-state index contributed by atoms with van der Waals surface area (Å²) in [5, 5.41) is 0. The molecule has 0 aliphatic heterocycles. The molecular weight excluding hydrogens is 266 g/mol. The number of amides is 1. The molecule has 0 saturated heterocycles. The molecule has 0 bridgehead atoms. The van der Waals surface area contributed by atoms with Crippen molar-refractivity contribution in [2.45, 2.75) is 31.6 Å². The molecule has 1 rings (SSSR count). The summed E-state index contributed by atoms with van der Waals surface area (Å²) in [5.41, 5.74) is 10.9. The lowest BCUT2D eigenvalue weighted by molar-refractivity contribution is -0.119. The van der Waals surface area contributed by atoms with Crippen LogP contribution < -0.4 is 16.2 Å². The molecule has 6 nitrogen and oxygen atoms in total. The number of sulfonamides is 1. The van der Waals surface area contributed by atoms with Crippen molar-refractivity contribution < 1.29 is 13.2 Å². The van der Waals surface area contributed by atoms with E-state index in [-0.39, 0.29) is 12.2 Å². The van der Waals surface area contributed by atoms with Gasteiger partial charge in [-0.05, 0) is 31.5 Å². The van der Waals surface area contributed by atoms with E-state index in [1.54, 1.807) is 38.1 Å². The maximum atomic E-state index is 12.0. The second-order valence-corrected chi connectivity index (χ2v) is 6.85. The van der Waals surface area contributed by atoms with Gasteiger partial charge < -0.3 is 11.5 Å². The van der Waals surface area contributed by atoms with Crippen LogP contribution in [0.3, 0.4) is 0 Å². The highest BCUT2D eigenvalue weighted by molar-refractivity contribution is 7.88. The fourth-order valence-electron chi connectivity index (χ4n) is 1.76. The highest BCUT2D eigenvalue weighted by atomic mass is 32.2. The average Bonchev–Trinajstić information content (AvgIpc) is 2.17. The summed E-state index contributed by atoms with van der Waals surface area (Å²) in [6.07, 6.45) is -0.0615. The number of rotatable bonds is 6. The Labute approximate surface area is 113 Å². The number of hydrogen-bond acceptors (Lipinski definition) is 4. The minimum atomic E-state index is -3.55. The van der Waals surface area contributed by atoms with Gasteiger partial charge in [-0.3, -0.25) is 4.79 Å². The molecule has 0 aliphatic carbocycles. The van der Waals surface area contributed by atoms with Crippen molar-refractivity contribution >= 4 is 21.6 Å². The Hall–Kier alpha value is -1.60. The van der Waals surface area contributed by atoms with Crippen LogP contribution in [0.5, 0.6) is 0 Å². The van der Waals surface area contributed by atoms with Gasteiger partial charge >= 0.3 is 0 Å². The molecule has 1 aromatic rings. The first-order chi connectivity index (χ1) is 8.60. The maximum absolute atomic E-state index is 12.0. The minimum absolute atomic E-state index is 0.0615. The molecule has 0 heterocycles. The van der Waals surface area contributed by atoms with E-state index in [4.69, 9.17) is 11.5 Å². The number of benzene rings is 1. The van der Waals surface area contributed by atoms with Gasteiger partial charge in [-0.1, -0.05) is 12.1 Å². The molecule has 0 fully saturated rings. The number of carbonyl (C=O) groups is 1.